The lowest BCUT2D eigenvalue weighted by molar-refractivity contribution is 0.0526. The first-order valence-corrected chi connectivity index (χ1v) is 9.52. The van der Waals surface area contributed by atoms with Gasteiger partial charge in [-0.05, 0) is 66.6 Å². The van der Waals surface area contributed by atoms with Gasteiger partial charge in [0.05, 0.1) is 28.4 Å². The van der Waals surface area contributed by atoms with Crippen molar-refractivity contribution in [2.75, 3.05) is 12.3 Å². The lowest BCUT2D eigenvalue weighted by Crippen LogP contribution is -2.04. The molecule has 1 heterocycles. The first kappa shape index (κ1) is 18.9. The number of hydrogen-bond acceptors (Lipinski definition) is 4. The minimum atomic E-state index is -0.340. The van der Waals surface area contributed by atoms with Crippen molar-refractivity contribution in [1.82, 2.24) is 4.57 Å². The molecule has 6 heteroatoms. The summed E-state index contributed by atoms with van der Waals surface area (Å²) in [6.45, 7) is 2.12. The van der Waals surface area contributed by atoms with Crippen molar-refractivity contribution in [3.8, 4) is 22.6 Å². The van der Waals surface area contributed by atoms with Crippen LogP contribution in [0.1, 0.15) is 17.3 Å². The predicted molar refractivity (Wildman–Crippen MR) is 116 cm³/mol. The second-order valence-corrected chi connectivity index (χ2v) is 7.03. The molecule has 5 nitrogen and oxygen atoms in total. The van der Waals surface area contributed by atoms with Gasteiger partial charge in [-0.2, -0.15) is 0 Å². The summed E-state index contributed by atoms with van der Waals surface area (Å²) in [5, 5.41) is 10.8. The second kappa shape index (κ2) is 7.53. The molecule has 0 saturated heterocycles. The number of phenolic OH excluding ortho intramolecular Hbond substituents is 1. The standard InChI is InChI=1S/C23H19ClN2O3/c1-2-29-23(28)14-3-7-17(8-4-14)26-13-20(25)18-11-15(5-9-21(18)26)16-6-10-22(27)19(24)12-16/h3-13,27H,2,25H2,1H3. The van der Waals surface area contributed by atoms with Crippen LogP contribution in [0.3, 0.4) is 0 Å². The number of fused-ring (bicyclic) bond motifs is 1. The number of nitrogen functional groups attached to an aromatic ring is 1. The third-order valence-corrected chi connectivity index (χ3v) is 5.08. The smallest absolute Gasteiger partial charge is 0.338 e. The third-order valence-electron chi connectivity index (χ3n) is 4.77. The van der Waals surface area contributed by atoms with Crippen LogP contribution in [0.5, 0.6) is 5.75 Å². The van der Waals surface area contributed by atoms with Gasteiger partial charge in [0.15, 0.2) is 0 Å². The predicted octanol–water partition coefficient (Wildman–Crippen LogP) is 5.42. The van der Waals surface area contributed by atoms with Gasteiger partial charge in [-0.3, -0.25) is 0 Å². The van der Waals surface area contributed by atoms with Crippen LogP contribution in [0.2, 0.25) is 5.02 Å². The van der Waals surface area contributed by atoms with E-state index in [4.69, 9.17) is 22.1 Å². The molecule has 29 heavy (non-hydrogen) atoms. The molecule has 0 radical (unpaired) electrons. The molecule has 3 aromatic carbocycles. The van der Waals surface area contributed by atoms with Crippen molar-refractivity contribution < 1.29 is 14.6 Å². The number of anilines is 1. The molecule has 0 aliphatic heterocycles. The highest BCUT2D eigenvalue weighted by Gasteiger charge is 2.12. The minimum Gasteiger partial charge on any atom is -0.506 e. The number of esters is 1. The fourth-order valence-electron chi connectivity index (χ4n) is 3.31. The van der Waals surface area contributed by atoms with E-state index in [0.717, 1.165) is 27.7 Å². The van der Waals surface area contributed by atoms with Crippen LogP contribution >= 0.6 is 11.6 Å². The largest absolute Gasteiger partial charge is 0.506 e. The van der Waals surface area contributed by atoms with Crippen LogP contribution in [0.25, 0.3) is 27.7 Å². The van der Waals surface area contributed by atoms with Gasteiger partial charge in [0.1, 0.15) is 5.75 Å². The first-order chi connectivity index (χ1) is 14.0. The number of aromatic nitrogens is 1. The van der Waals surface area contributed by atoms with Crippen LogP contribution in [-0.2, 0) is 4.74 Å². The number of carbonyl (C=O) groups is 1. The molecule has 146 valence electrons. The summed E-state index contributed by atoms with van der Waals surface area (Å²) >= 11 is 6.04. The first-order valence-electron chi connectivity index (χ1n) is 9.15. The highest BCUT2D eigenvalue weighted by Crippen LogP contribution is 2.34. The SMILES string of the molecule is CCOC(=O)c1ccc(-n2cc(N)c3cc(-c4ccc(O)c(Cl)c4)ccc32)cc1. The number of carbonyl (C=O) groups excluding carboxylic acids is 1. The molecule has 4 rings (SSSR count). The van der Waals surface area contributed by atoms with Gasteiger partial charge in [0.2, 0.25) is 0 Å². The number of benzene rings is 3. The van der Waals surface area contributed by atoms with Crippen molar-refractivity contribution in [3.05, 3.63) is 77.4 Å². The molecule has 3 N–H and O–H groups in total. The Morgan fingerprint density at radius 3 is 2.45 bits per heavy atom. The van der Waals surface area contributed by atoms with E-state index in [-0.39, 0.29) is 11.7 Å². The van der Waals surface area contributed by atoms with Crippen LogP contribution in [-0.4, -0.2) is 22.2 Å². The van der Waals surface area contributed by atoms with Crippen molar-refractivity contribution in [2.24, 2.45) is 0 Å². The fraction of sp³-hybridized carbons (Fsp3) is 0.0870. The number of rotatable bonds is 4. The molecule has 0 amide bonds. The number of ether oxygens (including phenoxy) is 1. The van der Waals surface area contributed by atoms with E-state index in [0.29, 0.717) is 22.9 Å². The molecule has 0 aliphatic carbocycles. The fourth-order valence-corrected chi connectivity index (χ4v) is 3.49. The zero-order chi connectivity index (χ0) is 20.5. The molecule has 0 fully saturated rings. The normalized spacial score (nSPS) is 11.0. The van der Waals surface area contributed by atoms with Gasteiger partial charge in [0, 0.05) is 17.3 Å². The van der Waals surface area contributed by atoms with E-state index in [2.05, 4.69) is 0 Å². The average Bonchev–Trinajstić information content (AvgIpc) is 3.06. The molecule has 0 bridgehead atoms. The van der Waals surface area contributed by atoms with Gasteiger partial charge < -0.3 is 20.1 Å². The Hall–Kier alpha value is -3.44. The molecular formula is C23H19ClN2O3. The molecule has 0 spiro atoms. The van der Waals surface area contributed by atoms with Crippen LogP contribution < -0.4 is 5.73 Å². The van der Waals surface area contributed by atoms with Crippen LogP contribution in [0.15, 0.2) is 66.9 Å². The van der Waals surface area contributed by atoms with Gasteiger partial charge in [-0.15, -0.1) is 0 Å². The molecule has 0 unspecified atom stereocenters. The number of nitrogens with zero attached hydrogens (tertiary/aromatic N) is 1. The third kappa shape index (κ3) is 3.52. The molecule has 1 aromatic heterocycles. The Labute approximate surface area is 172 Å². The maximum absolute atomic E-state index is 11.9. The highest BCUT2D eigenvalue weighted by molar-refractivity contribution is 6.32. The Morgan fingerprint density at radius 2 is 1.76 bits per heavy atom. The second-order valence-electron chi connectivity index (χ2n) is 6.62. The summed E-state index contributed by atoms with van der Waals surface area (Å²) in [5.74, 6) is -0.290. The Bertz CT molecular complexity index is 1210. The number of halogens is 1. The minimum absolute atomic E-state index is 0.0495. The van der Waals surface area contributed by atoms with E-state index < -0.39 is 0 Å². The van der Waals surface area contributed by atoms with Crippen LogP contribution in [0.4, 0.5) is 5.69 Å². The number of hydrogen-bond donors (Lipinski definition) is 2. The van der Waals surface area contributed by atoms with Gasteiger partial charge in [-0.25, -0.2) is 4.79 Å². The molecule has 0 aliphatic rings. The van der Waals surface area contributed by atoms with Gasteiger partial charge in [0.25, 0.3) is 0 Å². The average molecular weight is 407 g/mol. The van der Waals surface area contributed by atoms with E-state index >= 15 is 0 Å². The van der Waals surface area contributed by atoms with Crippen molar-refractivity contribution in [3.63, 3.8) is 0 Å². The summed E-state index contributed by atoms with van der Waals surface area (Å²) in [5.41, 5.74) is 11.1. The zero-order valence-corrected chi connectivity index (χ0v) is 16.5. The Morgan fingerprint density at radius 1 is 1.07 bits per heavy atom. The van der Waals surface area contributed by atoms with E-state index in [1.54, 1.807) is 31.2 Å². The topological polar surface area (TPSA) is 77.5 Å². The lowest BCUT2D eigenvalue weighted by atomic mass is 10.0. The van der Waals surface area contributed by atoms with Gasteiger partial charge >= 0.3 is 5.97 Å². The summed E-state index contributed by atoms with van der Waals surface area (Å²) < 4.78 is 7.01. The monoisotopic (exact) mass is 406 g/mol. The van der Waals surface area contributed by atoms with E-state index in [9.17, 15) is 9.90 Å². The summed E-state index contributed by atoms with van der Waals surface area (Å²) in [6.07, 6.45) is 1.86. The van der Waals surface area contributed by atoms with E-state index in [1.807, 2.05) is 47.2 Å². The zero-order valence-electron chi connectivity index (χ0n) is 15.7. The highest BCUT2D eigenvalue weighted by atomic mass is 35.5. The quantitative estimate of drug-likeness (QED) is 0.444. The Kier molecular flexibility index (Phi) is 4.91. The van der Waals surface area contributed by atoms with Crippen molar-refractivity contribution in [2.45, 2.75) is 6.92 Å². The Balaban J connectivity index is 1.73. The molecule has 4 aromatic rings. The van der Waals surface area contributed by atoms with Crippen molar-refractivity contribution >= 4 is 34.2 Å². The van der Waals surface area contributed by atoms with Crippen LogP contribution in [0, 0.1) is 0 Å². The molecular weight excluding hydrogens is 388 g/mol. The molecule has 0 atom stereocenters. The summed E-state index contributed by atoms with van der Waals surface area (Å²) in [4.78, 5) is 11.9. The number of nitrogens with two attached hydrogens (primary N) is 1. The maximum Gasteiger partial charge on any atom is 0.338 e. The number of phenols is 1. The summed E-state index contributed by atoms with van der Waals surface area (Å²) in [6, 6.07) is 18.3. The summed E-state index contributed by atoms with van der Waals surface area (Å²) in [7, 11) is 0. The molecule has 0 saturated carbocycles. The van der Waals surface area contributed by atoms with E-state index in [1.165, 1.54) is 0 Å². The lowest BCUT2D eigenvalue weighted by Gasteiger charge is -2.08. The van der Waals surface area contributed by atoms with Crippen molar-refractivity contribution in [1.29, 1.82) is 0 Å². The maximum atomic E-state index is 11.9. The van der Waals surface area contributed by atoms with Gasteiger partial charge in [-0.1, -0.05) is 23.7 Å². The number of aromatic hydroxyl groups is 1.